The fourth-order valence-electron chi connectivity index (χ4n) is 3.13. The second-order valence-electron chi connectivity index (χ2n) is 6.78. The van der Waals surface area contributed by atoms with Crippen LogP contribution < -0.4 is 10.2 Å². The molecular weight excluding hydrogens is 364 g/mol. The summed E-state index contributed by atoms with van der Waals surface area (Å²) >= 11 is 6.03. The van der Waals surface area contributed by atoms with Gasteiger partial charge in [-0.1, -0.05) is 37.6 Å². The molecule has 27 heavy (non-hydrogen) atoms. The molecule has 0 saturated carbocycles. The summed E-state index contributed by atoms with van der Waals surface area (Å²) in [5.41, 5.74) is 1.98. The Labute approximate surface area is 164 Å². The van der Waals surface area contributed by atoms with Gasteiger partial charge < -0.3 is 15.1 Å². The van der Waals surface area contributed by atoms with E-state index in [0.717, 1.165) is 18.8 Å². The van der Waals surface area contributed by atoms with E-state index in [2.05, 4.69) is 15.2 Å². The van der Waals surface area contributed by atoms with Gasteiger partial charge in [0.05, 0.1) is 16.9 Å². The zero-order valence-electron chi connectivity index (χ0n) is 15.5. The molecule has 0 spiro atoms. The first-order valence-corrected chi connectivity index (χ1v) is 9.40. The number of rotatable bonds is 4. The average Bonchev–Trinajstić information content (AvgIpc) is 2.68. The van der Waals surface area contributed by atoms with Crippen molar-refractivity contribution in [2.45, 2.75) is 13.8 Å². The maximum atomic E-state index is 12.6. The van der Waals surface area contributed by atoms with Gasteiger partial charge in [0.1, 0.15) is 5.15 Å². The highest BCUT2D eigenvalue weighted by Gasteiger charge is 2.24. The summed E-state index contributed by atoms with van der Waals surface area (Å²) in [7, 11) is 0. The standard InChI is InChI=1S/C20H23ClN4O2/c1-14(2)20(27)25-12-10-24(11-13-25)17-8-4-3-7-16(17)23-19(26)15-6-5-9-22-18(15)21/h3-9,14H,10-13H2,1-2H3,(H,23,26). The van der Waals surface area contributed by atoms with Crippen LogP contribution in [0, 0.1) is 5.92 Å². The number of hydrogen-bond donors (Lipinski definition) is 1. The normalized spacial score (nSPS) is 14.4. The Bertz CT molecular complexity index is 832. The molecule has 0 bridgehead atoms. The van der Waals surface area contributed by atoms with Crippen molar-refractivity contribution in [1.82, 2.24) is 9.88 Å². The minimum Gasteiger partial charge on any atom is -0.366 e. The van der Waals surface area contributed by atoms with Gasteiger partial charge in [-0.05, 0) is 24.3 Å². The van der Waals surface area contributed by atoms with E-state index in [0.29, 0.717) is 24.3 Å². The van der Waals surface area contributed by atoms with Crippen molar-refractivity contribution in [3.8, 4) is 0 Å². The van der Waals surface area contributed by atoms with Crippen LogP contribution in [0.1, 0.15) is 24.2 Å². The molecule has 3 rings (SSSR count). The molecule has 1 aliphatic rings. The van der Waals surface area contributed by atoms with Crippen molar-refractivity contribution in [2.24, 2.45) is 5.92 Å². The van der Waals surface area contributed by atoms with Crippen LogP contribution in [0.25, 0.3) is 0 Å². The molecule has 7 heteroatoms. The Hall–Kier alpha value is -2.60. The van der Waals surface area contributed by atoms with Crippen LogP contribution in [-0.2, 0) is 4.79 Å². The number of para-hydroxylation sites is 2. The van der Waals surface area contributed by atoms with Crippen LogP contribution >= 0.6 is 11.6 Å². The minimum absolute atomic E-state index is 0.00681. The van der Waals surface area contributed by atoms with E-state index in [9.17, 15) is 9.59 Å². The summed E-state index contributed by atoms with van der Waals surface area (Å²) in [6.07, 6.45) is 1.55. The Kier molecular flexibility index (Phi) is 5.96. The second-order valence-corrected chi connectivity index (χ2v) is 7.14. The quantitative estimate of drug-likeness (QED) is 0.819. The molecule has 0 unspecified atom stereocenters. The number of nitrogens with zero attached hydrogens (tertiary/aromatic N) is 3. The summed E-state index contributed by atoms with van der Waals surface area (Å²) in [5, 5.41) is 3.11. The third-order valence-corrected chi connectivity index (χ3v) is 4.88. The first-order valence-electron chi connectivity index (χ1n) is 9.02. The Balaban J connectivity index is 1.73. The van der Waals surface area contributed by atoms with Gasteiger partial charge in [-0.15, -0.1) is 0 Å². The van der Waals surface area contributed by atoms with E-state index in [-0.39, 0.29) is 22.9 Å². The van der Waals surface area contributed by atoms with Crippen molar-refractivity contribution in [3.05, 3.63) is 53.3 Å². The molecule has 1 fully saturated rings. The lowest BCUT2D eigenvalue weighted by Gasteiger charge is -2.37. The predicted molar refractivity (Wildman–Crippen MR) is 107 cm³/mol. The molecule has 1 saturated heterocycles. The first-order chi connectivity index (χ1) is 13.0. The summed E-state index contributed by atoms with van der Waals surface area (Å²) in [5.74, 6) is -0.107. The number of pyridine rings is 1. The Morgan fingerprint density at radius 2 is 1.78 bits per heavy atom. The van der Waals surface area contributed by atoms with Crippen molar-refractivity contribution >= 4 is 34.8 Å². The van der Waals surface area contributed by atoms with E-state index in [1.54, 1.807) is 18.3 Å². The van der Waals surface area contributed by atoms with Gasteiger partial charge in [0.15, 0.2) is 0 Å². The monoisotopic (exact) mass is 386 g/mol. The maximum Gasteiger partial charge on any atom is 0.258 e. The maximum absolute atomic E-state index is 12.6. The largest absolute Gasteiger partial charge is 0.366 e. The smallest absolute Gasteiger partial charge is 0.258 e. The van der Waals surface area contributed by atoms with Gasteiger partial charge in [0.2, 0.25) is 5.91 Å². The van der Waals surface area contributed by atoms with Crippen LogP contribution in [0.5, 0.6) is 0 Å². The topological polar surface area (TPSA) is 65.5 Å². The summed E-state index contributed by atoms with van der Waals surface area (Å²) in [6, 6.07) is 11.0. The summed E-state index contributed by atoms with van der Waals surface area (Å²) in [6.45, 7) is 6.63. The molecule has 1 aromatic heterocycles. The van der Waals surface area contributed by atoms with Gasteiger partial charge in [-0.25, -0.2) is 4.98 Å². The number of nitrogens with one attached hydrogen (secondary N) is 1. The van der Waals surface area contributed by atoms with Gasteiger partial charge in [-0.3, -0.25) is 9.59 Å². The molecule has 0 aliphatic carbocycles. The van der Waals surface area contributed by atoms with Gasteiger partial charge in [0.25, 0.3) is 5.91 Å². The van der Waals surface area contributed by atoms with Crippen LogP contribution in [0.15, 0.2) is 42.6 Å². The fraction of sp³-hybridized carbons (Fsp3) is 0.350. The molecule has 2 amide bonds. The number of hydrogen-bond acceptors (Lipinski definition) is 4. The lowest BCUT2D eigenvalue weighted by molar-refractivity contribution is -0.134. The molecule has 1 aliphatic heterocycles. The zero-order valence-corrected chi connectivity index (χ0v) is 16.2. The van der Waals surface area contributed by atoms with Crippen molar-refractivity contribution < 1.29 is 9.59 Å². The van der Waals surface area contributed by atoms with Crippen molar-refractivity contribution in [3.63, 3.8) is 0 Å². The van der Waals surface area contributed by atoms with Crippen LogP contribution in [0.2, 0.25) is 5.15 Å². The molecule has 2 aromatic rings. The average molecular weight is 387 g/mol. The van der Waals surface area contributed by atoms with E-state index in [4.69, 9.17) is 11.6 Å². The molecule has 1 N–H and O–H groups in total. The molecule has 0 radical (unpaired) electrons. The second kappa shape index (κ2) is 8.39. The number of halogens is 1. The van der Waals surface area contributed by atoms with Crippen molar-refractivity contribution in [1.29, 1.82) is 0 Å². The number of anilines is 2. The predicted octanol–water partition coefficient (Wildman–Crippen LogP) is 3.29. The van der Waals surface area contributed by atoms with Gasteiger partial charge >= 0.3 is 0 Å². The molecule has 142 valence electrons. The molecule has 0 atom stereocenters. The van der Waals surface area contributed by atoms with E-state index in [1.807, 2.05) is 43.0 Å². The fourth-order valence-corrected chi connectivity index (χ4v) is 3.34. The minimum atomic E-state index is -0.297. The zero-order chi connectivity index (χ0) is 19.4. The Morgan fingerprint density at radius 3 is 2.44 bits per heavy atom. The highest BCUT2D eigenvalue weighted by Crippen LogP contribution is 2.28. The van der Waals surface area contributed by atoms with E-state index < -0.39 is 0 Å². The SMILES string of the molecule is CC(C)C(=O)N1CCN(c2ccccc2NC(=O)c2cccnc2Cl)CC1. The number of carbonyl (C=O) groups excluding carboxylic acids is 2. The van der Waals surface area contributed by atoms with Crippen molar-refractivity contribution in [2.75, 3.05) is 36.4 Å². The van der Waals surface area contributed by atoms with E-state index in [1.165, 1.54) is 0 Å². The highest BCUT2D eigenvalue weighted by molar-refractivity contribution is 6.33. The molecule has 1 aromatic carbocycles. The lowest BCUT2D eigenvalue weighted by atomic mass is 10.1. The third kappa shape index (κ3) is 4.39. The highest BCUT2D eigenvalue weighted by atomic mass is 35.5. The van der Waals surface area contributed by atoms with Gasteiger partial charge in [0, 0.05) is 38.3 Å². The number of amides is 2. The number of piperazine rings is 1. The summed E-state index contributed by atoms with van der Waals surface area (Å²) < 4.78 is 0. The lowest BCUT2D eigenvalue weighted by Crippen LogP contribution is -2.50. The van der Waals surface area contributed by atoms with Crippen LogP contribution in [-0.4, -0.2) is 47.9 Å². The molecule has 6 nitrogen and oxygen atoms in total. The third-order valence-electron chi connectivity index (χ3n) is 4.58. The Morgan fingerprint density at radius 1 is 1.07 bits per heavy atom. The molecular formula is C20H23ClN4O2. The number of carbonyl (C=O) groups is 2. The number of aromatic nitrogens is 1. The first kappa shape index (κ1) is 19.2. The summed E-state index contributed by atoms with van der Waals surface area (Å²) in [4.78, 5) is 32.8. The van der Waals surface area contributed by atoms with Gasteiger partial charge in [-0.2, -0.15) is 0 Å². The van der Waals surface area contributed by atoms with E-state index >= 15 is 0 Å². The number of benzene rings is 1. The molecule has 2 heterocycles. The van der Waals surface area contributed by atoms with Crippen LogP contribution in [0.3, 0.4) is 0 Å². The van der Waals surface area contributed by atoms with Crippen LogP contribution in [0.4, 0.5) is 11.4 Å².